The van der Waals surface area contributed by atoms with Gasteiger partial charge in [0.2, 0.25) is 0 Å². The summed E-state index contributed by atoms with van der Waals surface area (Å²) in [5.41, 5.74) is 2.46. The molecule has 0 radical (unpaired) electrons. The summed E-state index contributed by atoms with van der Waals surface area (Å²) in [6.45, 7) is 1.51. The molecular weight excluding hydrogens is 402 g/mol. The average Bonchev–Trinajstić information content (AvgIpc) is 3.10. The molecule has 20 heavy (non-hydrogen) atoms. The number of halogens is 2. The quantitative estimate of drug-likeness (QED) is 0.706. The molecule has 3 rings (SSSR count). The van der Waals surface area contributed by atoms with Crippen molar-refractivity contribution in [3.8, 4) is 5.75 Å². The van der Waals surface area contributed by atoms with E-state index in [1.807, 2.05) is 0 Å². The Kier molecular flexibility index (Phi) is 4.81. The minimum absolute atomic E-state index is 0.598. The predicted molar refractivity (Wildman–Crippen MR) is 90.4 cm³/mol. The van der Waals surface area contributed by atoms with Crippen LogP contribution in [0.1, 0.15) is 24.0 Å². The van der Waals surface area contributed by atoms with Crippen LogP contribution in [0, 0.1) is 0 Å². The van der Waals surface area contributed by atoms with Crippen molar-refractivity contribution in [1.82, 2.24) is 5.32 Å². The Morgan fingerprint density at radius 3 is 2.55 bits per heavy atom. The maximum absolute atomic E-state index is 5.90. The van der Waals surface area contributed by atoms with E-state index in [1.165, 1.54) is 24.0 Å². The van der Waals surface area contributed by atoms with Gasteiger partial charge >= 0.3 is 0 Å². The molecule has 0 aliphatic heterocycles. The lowest BCUT2D eigenvalue weighted by molar-refractivity contribution is 0.302. The standard InChI is InChI=1S/C15H15Br2NOS/c16-13-5-11(7-18-12-1-2-12)6-14(17)15(13)19-8-10-3-4-20-9-10/h3-6,9,12,18H,1-2,7-8H2. The van der Waals surface area contributed by atoms with Crippen LogP contribution in [0.3, 0.4) is 0 Å². The van der Waals surface area contributed by atoms with Crippen LogP contribution in [0.5, 0.6) is 5.75 Å². The Morgan fingerprint density at radius 1 is 1.20 bits per heavy atom. The molecule has 0 atom stereocenters. The van der Waals surface area contributed by atoms with Crippen LogP contribution >= 0.6 is 43.2 Å². The van der Waals surface area contributed by atoms with Gasteiger partial charge in [0.15, 0.2) is 0 Å². The molecule has 1 aliphatic carbocycles. The summed E-state index contributed by atoms with van der Waals surface area (Å²) in [6, 6.07) is 7.06. The van der Waals surface area contributed by atoms with Crippen molar-refractivity contribution in [2.24, 2.45) is 0 Å². The monoisotopic (exact) mass is 415 g/mol. The zero-order valence-corrected chi connectivity index (χ0v) is 14.9. The molecule has 0 amide bonds. The molecule has 0 unspecified atom stereocenters. The second-order valence-electron chi connectivity index (χ2n) is 4.96. The van der Waals surface area contributed by atoms with Gasteiger partial charge in [-0.25, -0.2) is 0 Å². The number of thiophene rings is 1. The fraction of sp³-hybridized carbons (Fsp3) is 0.333. The van der Waals surface area contributed by atoms with Gasteiger partial charge in [-0.3, -0.25) is 0 Å². The van der Waals surface area contributed by atoms with Gasteiger partial charge in [0.25, 0.3) is 0 Å². The summed E-state index contributed by atoms with van der Waals surface area (Å²) in [6.07, 6.45) is 2.62. The van der Waals surface area contributed by atoms with E-state index < -0.39 is 0 Å². The second-order valence-corrected chi connectivity index (χ2v) is 7.45. The van der Waals surface area contributed by atoms with Gasteiger partial charge < -0.3 is 10.1 Å². The maximum Gasteiger partial charge on any atom is 0.148 e. The van der Waals surface area contributed by atoms with Gasteiger partial charge in [0, 0.05) is 12.6 Å². The molecule has 1 heterocycles. The molecule has 0 spiro atoms. The van der Waals surface area contributed by atoms with E-state index in [0.717, 1.165) is 27.3 Å². The van der Waals surface area contributed by atoms with E-state index in [1.54, 1.807) is 11.3 Å². The zero-order valence-electron chi connectivity index (χ0n) is 10.9. The third kappa shape index (κ3) is 3.85. The number of nitrogens with one attached hydrogen (secondary N) is 1. The number of hydrogen-bond acceptors (Lipinski definition) is 3. The van der Waals surface area contributed by atoms with Gasteiger partial charge in [-0.1, -0.05) is 0 Å². The fourth-order valence-electron chi connectivity index (χ4n) is 1.93. The van der Waals surface area contributed by atoms with Gasteiger partial charge in [-0.05, 0) is 84.8 Å². The highest BCUT2D eigenvalue weighted by molar-refractivity contribution is 9.11. The van der Waals surface area contributed by atoms with Gasteiger partial charge in [-0.2, -0.15) is 11.3 Å². The molecule has 0 saturated heterocycles. The molecule has 1 aromatic carbocycles. The van der Waals surface area contributed by atoms with Crippen molar-refractivity contribution in [2.75, 3.05) is 0 Å². The molecule has 1 saturated carbocycles. The third-order valence-corrected chi connectivity index (χ3v) is 5.10. The van der Waals surface area contributed by atoms with Gasteiger partial charge in [0.05, 0.1) is 8.95 Å². The number of ether oxygens (including phenoxy) is 1. The first-order valence-electron chi connectivity index (χ1n) is 6.57. The molecule has 1 aliphatic rings. The van der Waals surface area contributed by atoms with Crippen LogP contribution in [-0.4, -0.2) is 6.04 Å². The van der Waals surface area contributed by atoms with Crippen molar-refractivity contribution >= 4 is 43.2 Å². The molecule has 2 aromatic rings. The highest BCUT2D eigenvalue weighted by Gasteiger charge is 2.20. The summed E-state index contributed by atoms with van der Waals surface area (Å²) < 4.78 is 7.89. The first-order valence-corrected chi connectivity index (χ1v) is 9.10. The first-order chi connectivity index (χ1) is 9.72. The van der Waals surface area contributed by atoms with Crippen LogP contribution in [-0.2, 0) is 13.2 Å². The van der Waals surface area contributed by atoms with Crippen molar-refractivity contribution in [3.05, 3.63) is 49.0 Å². The lowest BCUT2D eigenvalue weighted by atomic mass is 10.2. The predicted octanol–water partition coefficient (Wildman–Crippen LogP) is 5.10. The smallest absolute Gasteiger partial charge is 0.148 e. The van der Waals surface area contributed by atoms with Crippen molar-refractivity contribution in [1.29, 1.82) is 0 Å². The SMILES string of the molecule is Brc1cc(CNC2CC2)cc(Br)c1OCc1ccsc1. The number of rotatable bonds is 6. The van der Waals surface area contributed by atoms with Crippen molar-refractivity contribution in [3.63, 3.8) is 0 Å². The Morgan fingerprint density at radius 2 is 1.95 bits per heavy atom. The second kappa shape index (κ2) is 6.60. The third-order valence-electron chi connectivity index (χ3n) is 3.19. The van der Waals surface area contributed by atoms with E-state index >= 15 is 0 Å². The van der Waals surface area contributed by atoms with Crippen LogP contribution in [0.4, 0.5) is 0 Å². The summed E-state index contributed by atoms with van der Waals surface area (Å²) in [5.74, 6) is 0.867. The maximum atomic E-state index is 5.90. The van der Waals surface area contributed by atoms with Crippen LogP contribution < -0.4 is 10.1 Å². The van der Waals surface area contributed by atoms with Crippen molar-refractivity contribution in [2.45, 2.75) is 32.0 Å². The molecule has 1 aromatic heterocycles. The van der Waals surface area contributed by atoms with Crippen LogP contribution in [0.2, 0.25) is 0 Å². The lowest BCUT2D eigenvalue weighted by Crippen LogP contribution is -2.15. The van der Waals surface area contributed by atoms with E-state index in [9.17, 15) is 0 Å². The Hall–Kier alpha value is -0.360. The molecule has 1 fully saturated rings. The zero-order chi connectivity index (χ0) is 13.9. The molecule has 1 N–H and O–H groups in total. The van der Waals surface area contributed by atoms with E-state index in [-0.39, 0.29) is 0 Å². The molecule has 5 heteroatoms. The molecular formula is C15H15Br2NOS. The minimum atomic E-state index is 0.598. The molecule has 106 valence electrons. The largest absolute Gasteiger partial charge is 0.487 e. The Labute approximate surface area is 139 Å². The normalized spacial score (nSPS) is 14.5. The minimum Gasteiger partial charge on any atom is -0.487 e. The fourth-order valence-corrected chi connectivity index (χ4v) is 4.10. The summed E-state index contributed by atoms with van der Waals surface area (Å²) in [5, 5.41) is 7.69. The topological polar surface area (TPSA) is 21.3 Å². The average molecular weight is 417 g/mol. The molecule has 0 bridgehead atoms. The highest BCUT2D eigenvalue weighted by atomic mass is 79.9. The van der Waals surface area contributed by atoms with E-state index in [4.69, 9.17) is 4.74 Å². The van der Waals surface area contributed by atoms with Crippen LogP contribution in [0.15, 0.2) is 37.9 Å². The van der Waals surface area contributed by atoms with E-state index in [0.29, 0.717) is 6.61 Å². The summed E-state index contributed by atoms with van der Waals surface area (Å²) in [7, 11) is 0. The number of benzene rings is 1. The van der Waals surface area contributed by atoms with Crippen molar-refractivity contribution < 1.29 is 4.74 Å². The Bertz CT molecular complexity index is 559. The van der Waals surface area contributed by atoms with E-state index in [2.05, 4.69) is 66.1 Å². The molecule has 2 nitrogen and oxygen atoms in total. The van der Waals surface area contributed by atoms with Gasteiger partial charge in [0.1, 0.15) is 12.4 Å². The summed E-state index contributed by atoms with van der Waals surface area (Å²) >= 11 is 8.90. The Balaban J connectivity index is 1.67. The van der Waals surface area contributed by atoms with Gasteiger partial charge in [-0.15, -0.1) is 0 Å². The summed E-state index contributed by atoms with van der Waals surface area (Å²) in [4.78, 5) is 0. The van der Waals surface area contributed by atoms with Crippen LogP contribution in [0.25, 0.3) is 0 Å². The lowest BCUT2D eigenvalue weighted by Gasteiger charge is -2.12. The first kappa shape index (κ1) is 14.6. The number of hydrogen-bond donors (Lipinski definition) is 1. The highest BCUT2D eigenvalue weighted by Crippen LogP contribution is 2.35.